The van der Waals surface area contributed by atoms with Crippen molar-refractivity contribution in [3.8, 4) is 0 Å². The first-order valence-corrected chi connectivity index (χ1v) is 19.1. The summed E-state index contributed by atoms with van der Waals surface area (Å²) in [6.07, 6.45) is 1.41. The molecule has 0 aromatic carbocycles. The lowest BCUT2D eigenvalue weighted by atomic mass is 9.96. The number of hydrogen-bond acceptors (Lipinski definition) is 5. The lowest BCUT2D eigenvalue weighted by Gasteiger charge is -2.46. The highest BCUT2D eigenvalue weighted by Gasteiger charge is 2.48. The average Bonchev–Trinajstić information content (AvgIpc) is 2.78. The lowest BCUT2D eigenvalue weighted by Crippen LogP contribution is -2.52. The van der Waals surface area contributed by atoms with Crippen LogP contribution in [0, 0.1) is 5.92 Å². The van der Waals surface area contributed by atoms with E-state index in [-0.39, 0.29) is 23.0 Å². The van der Waals surface area contributed by atoms with Crippen LogP contribution in [0.1, 0.15) is 89.0 Å². The van der Waals surface area contributed by atoms with Crippen LogP contribution < -0.4 is 0 Å². The summed E-state index contributed by atoms with van der Waals surface area (Å²) < 4.78 is 19.3. The van der Waals surface area contributed by atoms with E-state index in [2.05, 4.69) is 82.3 Å². The molecule has 0 aliphatic heterocycles. The number of hydroxylamine groups is 2. The fraction of sp³-hybridized carbons (Fsp3) is 0.897. The van der Waals surface area contributed by atoms with E-state index in [0.29, 0.717) is 29.8 Å². The molecule has 37 heavy (non-hydrogen) atoms. The summed E-state index contributed by atoms with van der Waals surface area (Å²) in [5.41, 5.74) is 3.78. The zero-order valence-corrected chi connectivity index (χ0v) is 29.2. The molecule has 0 bridgehead atoms. The lowest BCUT2D eigenvalue weighted by molar-refractivity contribution is -0.176. The van der Waals surface area contributed by atoms with E-state index in [1.54, 1.807) is 14.2 Å². The molecule has 0 spiro atoms. The maximum absolute atomic E-state index is 13.2. The Morgan fingerprint density at radius 3 is 1.76 bits per heavy atom. The minimum absolute atomic E-state index is 0.0494. The normalized spacial score (nSPS) is 15.9. The topological polar surface area (TPSA) is 57.2 Å². The number of rotatable bonds is 16. The van der Waals surface area contributed by atoms with Crippen LogP contribution in [0.3, 0.4) is 0 Å². The van der Waals surface area contributed by atoms with Gasteiger partial charge in [-0.2, -0.15) is 0 Å². The second-order valence-corrected chi connectivity index (χ2v) is 23.4. The second-order valence-electron chi connectivity index (χ2n) is 13.2. The third-order valence-corrected chi connectivity index (χ3v) is 19.3. The Hall–Kier alpha value is -0.516. The van der Waals surface area contributed by atoms with E-state index in [9.17, 15) is 4.79 Å². The Balaban J connectivity index is 6.16. The van der Waals surface area contributed by atoms with Crippen LogP contribution in [0.2, 0.25) is 34.8 Å². The van der Waals surface area contributed by atoms with Gasteiger partial charge >= 0.3 is 0 Å². The molecule has 0 aromatic heterocycles. The van der Waals surface area contributed by atoms with Crippen LogP contribution in [0.15, 0.2) is 11.1 Å². The summed E-state index contributed by atoms with van der Waals surface area (Å²) in [6.45, 7) is 30.4. The molecule has 0 unspecified atom stereocenters. The molecule has 0 fully saturated rings. The summed E-state index contributed by atoms with van der Waals surface area (Å²) in [6, 6.07) is 0. The van der Waals surface area contributed by atoms with Gasteiger partial charge in [-0.25, -0.2) is 5.06 Å². The van der Waals surface area contributed by atoms with Crippen molar-refractivity contribution in [1.29, 1.82) is 0 Å². The smallest absolute Gasteiger partial charge is 0.251 e. The largest absolute Gasteiger partial charge is 0.413 e. The van der Waals surface area contributed by atoms with Gasteiger partial charge in [0.15, 0.2) is 8.32 Å². The Labute approximate surface area is 232 Å². The Kier molecular flexibility index (Phi) is 15.1. The van der Waals surface area contributed by atoms with E-state index in [1.807, 2.05) is 6.92 Å². The fourth-order valence-electron chi connectivity index (χ4n) is 5.10. The third-order valence-electron chi connectivity index (χ3n) is 8.73. The molecular weight excluding hydrogens is 498 g/mol. The first-order chi connectivity index (χ1) is 16.8. The summed E-state index contributed by atoms with van der Waals surface area (Å²) in [5.74, 6) is -0.359. The van der Waals surface area contributed by atoms with Gasteiger partial charge in [0, 0.05) is 14.2 Å². The van der Waals surface area contributed by atoms with Crippen LogP contribution >= 0.6 is 0 Å². The molecule has 0 aliphatic carbocycles. The predicted molar refractivity (Wildman–Crippen MR) is 162 cm³/mol. The standard InChI is InChI=1S/C29H61NO5Si2/c1-21(2)37(22(3)4,23(5)6)35-27(25(8)28(31)30(12)33-14)18-17-24(7)26(19-32-13)20-34-36(15,16)29(9,10)11/h21-23,25,27H,17-20H2,1-16H3/b26-24-/t25-,27+/m1/s1. The highest BCUT2D eigenvalue weighted by atomic mass is 28.4. The van der Waals surface area contributed by atoms with Crippen molar-refractivity contribution < 1.29 is 23.2 Å². The Morgan fingerprint density at radius 1 is 0.892 bits per heavy atom. The van der Waals surface area contributed by atoms with E-state index in [4.69, 9.17) is 18.4 Å². The van der Waals surface area contributed by atoms with Crippen LogP contribution in [-0.4, -0.2) is 68.2 Å². The van der Waals surface area contributed by atoms with Gasteiger partial charge in [0.1, 0.15) is 0 Å². The summed E-state index contributed by atoms with van der Waals surface area (Å²) in [7, 11) is 0.871. The molecule has 1 amide bonds. The van der Waals surface area contributed by atoms with Crippen molar-refractivity contribution >= 4 is 22.5 Å². The Morgan fingerprint density at radius 2 is 1.38 bits per heavy atom. The van der Waals surface area contributed by atoms with E-state index < -0.39 is 16.6 Å². The van der Waals surface area contributed by atoms with Gasteiger partial charge in [-0.15, -0.1) is 0 Å². The van der Waals surface area contributed by atoms with Gasteiger partial charge in [0.05, 0.1) is 32.3 Å². The summed E-state index contributed by atoms with van der Waals surface area (Å²) in [5, 5.41) is 1.48. The van der Waals surface area contributed by atoms with Crippen molar-refractivity contribution in [2.75, 3.05) is 34.5 Å². The first-order valence-electron chi connectivity index (χ1n) is 14.1. The van der Waals surface area contributed by atoms with Crippen molar-refractivity contribution in [2.24, 2.45) is 5.92 Å². The van der Waals surface area contributed by atoms with Crippen LogP contribution in [0.4, 0.5) is 0 Å². The van der Waals surface area contributed by atoms with Gasteiger partial charge in [0.2, 0.25) is 8.32 Å². The number of hydrogen-bond donors (Lipinski definition) is 0. The molecule has 0 aromatic rings. The highest BCUT2D eigenvalue weighted by molar-refractivity contribution is 6.77. The van der Waals surface area contributed by atoms with Crippen LogP contribution in [0.5, 0.6) is 0 Å². The van der Waals surface area contributed by atoms with E-state index in [1.165, 1.54) is 23.3 Å². The minimum Gasteiger partial charge on any atom is -0.413 e. The fourth-order valence-corrected chi connectivity index (χ4v) is 11.7. The van der Waals surface area contributed by atoms with E-state index in [0.717, 1.165) is 12.8 Å². The molecule has 0 radical (unpaired) electrons. The van der Waals surface area contributed by atoms with Crippen molar-refractivity contribution in [3.05, 3.63) is 11.1 Å². The summed E-state index contributed by atoms with van der Waals surface area (Å²) >= 11 is 0. The average molecular weight is 560 g/mol. The number of allylic oxidation sites excluding steroid dienone is 1. The number of nitrogens with zero attached hydrogens (tertiary/aromatic N) is 1. The first kappa shape index (κ1) is 36.5. The third kappa shape index (κ3) is 9.87. The summed E-state index contributed by atoms with van der Waals surface area (Å²) in [4.78, 5) is 18.4. The molecule has 220 valence electrons. The number of carbonyl (C=O) groups excluding carboxylic acids is 1. The molecule has 8 heteroatoms. The maximum Gasteiger partial charge on any atom is 0.251 e. The molecular formula is C29H61NO5Si2. The van der Waals surface area contributed by atoms with Gasteiger partial charge in [-0.05, 0) is 60.1 Å². The molecule has 6 nitrogen and oxygen atoms in total. The van der Waals surface area contributed by atoms with Gasteiger partial charge in [0.25, 0.3) is 5.91 Å². The molecule has 0 saturated heterocycles. The van der Waals surface area contributed by atoms with Gasteiger partial charge in [-0.1, -0.05) is 74.8 Å². The number of carbonyl (C=O) groups is 1. The SMILES string of the molecule is COC/C(CO[Si](C)(C)C(C)(C)C)=C(\C)CC[C@H](O[Si](C(C)C)(C(C)C)C(C)C)[C@@H](C)C(=O)N(C)OC. The van der Waals surface area contributed by atoms with Gasteiger partial charge in [-0.3, -0.25) is 9.63 Å². The number of ether oxygens (including phenoxy) is 1. The molecule has 0 saturated carbocycles. The minimum atomic E-state index is -2.19. The molecule has 0 rings (SSSR count). The van der Waals surface area contributed by atoms with Crippen molar-refractivity contribution in [1.82, 2.24) is 5.06 Å². The zero-order chi connectivity index (χ0) is 29.4. The van der Waals surface area contributed by atoms with Crippen molar-refractivity contribution in [3.63, 3.8) is 0 Å². The van der Waals surface area contributed by atoms with Crippen LogP contribution in [0.25, 0.3) is 0 Å². The van der Waals surface area contributed by atoms with E-state index >= 15 is 0 Å². The highest BCUT2D eigenvalue weighted by Crippen LogP contribution is 2.44. The van der Waals surface area contributed by atoms with Crippen molar-refractivity contribution in [2.45, 2.75) is 130 Å². The number of amides is 1. The van der Waals surface area contributed by atoms with Gasteiger partial charge < -0.3 is 13.6 Å². The quantitative estimate of drug-likeness (QED) is 0.109. The number of methoxy groups -OCH3 is 1. The zero-order valence-electron chi connectivity index (χ0n) is 27.2. The molecule has 0 heterocycles. The predicted octanol–water partition coefficient (Wildman–Crippen LogP) is 7.97. The van der Waals surface area contributed by atoms with Crippen LogP contribution in [-0.2, 0) is 23.2 Å². The molecule has 0 N–H and O–H groups in total. The monoisotopic (exact) mass is 559 g/mol. The molecule has 0 aliphatic rings. The molecule has 2 atom stereocenters. The second kappa shape index (κ2) is 15.3. The Bertz CT molecular complexity index is 707. The maximum atomic E-state index is 13.2.